The number of aliphatic imine (C=N–C) groups is 1. The van der Waals surface area contributed by atoms with E-state index >= 15 is 0 Å². The van der Waals surface area contributed by atoms with E-state index in [1.807, 2.05) is 18.7 Å². The summed E-state index contributed by atoms with van der Waals surface area (Å²) in [4.78, 5) is 7.03. The molecule has 0 saturated carbocycles. The molecule has 2 heterocycles. The summed E-state index contributed by atoms with van der Waals surface area (Å²) in [6.07, 6.45) is 4.92. The molecule has 0 unspecified atom stereocenters. The minimum absolute atomic E-state index is 0.491. The molecular weight excluding hydrogens is 360 g/mol. The predicted molar refractivity (Wildman–Crippen MR) is 121 cm³/mol. The van der Waals surface area contributed by atoms with E-state index in [4.69, 9.17) is 0 Å². The van der Waals surface area contributed by atoms with Gasteiger partial charge in [0, 0.05) is 38.4 Å². The van der Waals surface area contributed by atoms with Gasteiger partial charge >= 0.3 is 0 Å². The van der Waals surface area contributed by atoms with Crippen LogP contribution in [0.15, 0.2) is 35.3 Å². The van der Waals surface area contributed by atoms with Crippen LogP contribution in [0, 0.1) is 13.8 Å². The third-order valence-corrected chi connectivity index (χ3v) is 5.66. The Labute approximate surface area is 175 Å². The van der Waals surface area contributed by atoms with E-state index < -0.39 is 0 Å². The Morgan fingerprint density at radius 2 is 1.97 bits per heavy atom. The van der Waals surface area contributed by atoms with E-state index in [0.717, 1.165) is 23.0 Å². The lowest BCUT2D eigenvalue weighted by Gasteiger charge is -2.33. The van der Waals surface area contributed by atoms with E-state index in [1.54, 1.807) is 0 Å². The molecule has 1 fully saturated rings. The highest BCUT2D eigenvalue weighted by Crippen LogP contribution is 2.17. The number of hydrogen-bond acceptors (Lipinski definition) is 3. The molecule has 0 atom stereocenters. The lowest BCUT2D eigenvalue weighted by atomic mass is 10.0. The van der Waals surface area contributed by atoms with Gasteiger partial charge in [-0.15, -0.1) is 0 Å². The van der Waals surface area contributed by atoms with Crippen LogP contribution in [0.3, 0.4) is 0 Å². The molecule has 1 aliphatic rings. The molecule has 6 nitrogen and oxygen atoms in total. The van der Waals surface area contributed by atoms with Crippen LogP contribution in [0.1, 0.15) is 49.6 Å². The van der Waals surface area contributed by atoms with Gasteiger partial charge < -0.3 is 15.5 Å². The quantitative estimate of drug-likeness (QED) is 0.556. The van der Waals surface area contributed by atoms with Crippen LogP contribution in [0.5, 0.6) is 0 Å². The molecule has 1 saturated heterocycles. The number of aryl methyl sites for hydroxylation is 2. The van der Waals surface area contributed by atoms with Crippen molar-refractivity contribution >= 4 is 5.96 Å². The first-order chi connectivity index (χ1) is 14.1. The molecule has 0 radical (unpaired) electrons. The molecule has 158 valence electrons. The zero-order valence-corrected chi connectivity index (χ0v) is 18.4. The van der Waals surface area contributed by atoms with Crippen LogP contribution in [0.2, 0.25) is 0 Å². The van der Waals surface area contributed by atoms with Crippen LogP contribution in [-0.2, 0) is 6.54 Å². The molecule has 2 N–H and O–H groups in total. The first-order valence-electron chi connectivity index (χ1n) is 10.9. The lowest BCUT2D eigenvalue weighted by molar-refractivity contribution is 0.203. The van der Waals surface area contributed by atoms with Crippen LogP contribution in [0.25, 0.3) is 5.69 Å². The highest BCUT2D eigenvalue weighted by atomic mass is 15.3. The highest BCUT2D eigenvalue weighted by molar-refractivity contribution is 5.80. The fourth-order valence-electron chi connectivity index (χ4n) is 3.99. The topological polar surface area (TPSA) is 57.5 Å². The van der Waals surface area contributed by atoms with Gasteiger partial charge in [-0.05, 0) is 57.4 Å². The average molecular weight is 397 g/mol. The maximum atomic E-state index is 4.65. The molecule has 1 aliphatic heterocycles. The zero-order chi connectivity index (χ0) is 20.6. The minimum atomic E-state index is 0.491. The number of guanidine groups is 1. The van der Waals surface area contributed by atoms with Crippen molar-refractivity contribution in [2.45, 2.75) is 59.0 Å². The van der Waals surface area contributed by atoms with Gasteiger partial charge in [0.25, 0.3) is 0 Å². The molecule has 3 rings (SSSR count). The van der Waals surface area contributed by atoms with E-state index in [1.165, 1.54) is 50.9 Å². The normalized spacial score (nSPS) is 16.2. The number of likely N-dealkylation sites (tertiary alicyclic amines) is 1. The monoisotopic (exact) mass is 396 g/mol. The summed E-state index contributed by atoms with van der Waals surface area (Å²) in [5, 5.41) is 11.8. The van der Waals surface area contributed by atoms with Crippen molar-refractivity contribution in [2.24, 2.45) is 4.99 Å². The second-order valence-corrected chi connectivity index (χ2v) is 8.01. The third kappa shape index (κ3) is 5.82. The van der Waals surface area contributed by atoms with Gasteiger partial charge in [-0.25, -0.2) is 4.68 Å². The summed E-state index contributed by atoms with van der Waals surface area (Å²) >= 11 is 0. The third-order valence-electron chi connectivity index (χ3n) is 5.66. The summed E-state index contributed by atoms with van der Waals surface area (Å²) in [6.45, 7) is 10.7. The average Bonchev–Trinajstić information content (AvgIpc) is 3.08. The minimum Gasteiger partial charge on any atom is -0.354 e. The van der Waals surface area contributed by atoms with Crippen LogP contribution in [-0.4, -0.2) is 53.4 Å². The van der Waals surface area contributed by atoms with Crippen LogP contribution >= 0.6 is 0 Å². The molecular formula is C23H36N6. The molecule has 1 aromatic heterocycles. The Balaban J connectivity index is 1.56. The molecule has 6 heteroatoms. The first-order valence-corrected chi connectivity index (χ1v) is 10.9. The van der Waals surface area contributed by atoms with Crippen LogP contribution in [0.4, 0.5) is 0 Å². The molecule has 0 spiro atoms. The van der Waals surface area contributed by atoms with Gasteiger partial charge in [0.05, 0.1) is 11.4 Å². The van der Waals surface area contributed by atoms with E-state index in [-0.39, 0.29) is 0 Å². The number of nitrogens with one attached hydrogen (secondary N) is 2. The maximum absolute atomic E-state index is 4.65. The standard InChI is InChI=1S/C23H36N6/c1-5-6-13-28-14-11-21(12-15-28)26-23(24-4)25-17-20-9-7-8-10-22(20)29-19(3)16-18(2)27-29/h7-10,16,21H,5-6,11-15,17H2,1-4H3,(H2,24,25,26). The van der Waals surface area contributed by atoms with Gasteiger partial charge in [-0.2, -0.15) is 5.10 Å². The highest BCUT2D eigenvalue weighted by Gasteiger charge is 2.19. The van der Waals surface area contributed by atoms with Gasteiger partial charge in [0.1, 0.15) is 0 Å². The van der Waals surface area contributed by atoms with Crippen molar-refractivity contribution in [3.8, 4) is 5.69 Å². The van der Waals surface area contributed by atoms with Crippen LogP contribution < -0.4 is 10.6 Å². The van der Waals surface area contributed by atoms with Crippen molar-refractivity contribution in [3.05, 3.63) is 47.3 Å². The zero-order valence-electron chi connectivity index (χ0n) is 18.4. The number of piperidine rings is 1. The SMILES string of the molecule is CCCCN1CCC(NC(=NC)NCc2ccccc2-n2nc(C)cc2C)CC1. The van der Waals surface area contributed by atoms with E-state index in [9.17, 15) is 0 Å². The number of aromatic nitrogens is 2. The smallest absolute Gasteiger partial charge is 0.191 e. The van der Waals surface area contributed by atoms with Gasteiger partial charge in [-0.3, -0.25) is 4.99 Å². The number of unbranched alkanes of at least 4 members (excludes halogenated alkanes) is 1. The number of nitrogens with zero attached hydrogens (tertiary/aromatic N) is 4. The fraction of sp³-hybridized carbons (Fsp3) is 0.565. The Hall–Kier alpha value is -2.34. The predicted octanol–water partition coefficient (Wildman–Crippen LogP) is 3.42. The second-order valence-electron chi connectivity index (χ2n) is 8.01. The van der Waals surface area contributed by atoms with Crippen molar-refractivity contribution in [3.63, 3.8) is 0 Å². The number of hydrogen-bond donors (Lipinski definition) is 2. The summed E-state index contributed by atoms with van der Waals surface area (Å²) in [6, 6.07) is 11.0. The van der Waals surface area contributed by atoms with Gasteiger partial charge in [-0.1, -0.05) is 31.5 Å². The number of para-hydroxylation sites is 1. The number of rotatable bonds is 7. The maximum Gasteiger partial charge on any atom is 0.191 e. The van der Waals surface area contributed by atoms with Crippen molar-refractivity contribution < 1.29 is 0 Å². The second kappa shape index (κ2) is 10.4. The Morgan fingerprint density at radius 1 is 1.21 bits per heavy atom. The first kappa shape index (κ1) is 21.4. The van der Waals surface area contributed by atoms with Gasteiger partial charge in [0.2, 0.25) is 0 Å². The van der Waals surface area contributed by atoms with Crippen molar-refractivity contribution in [2.75, 3.05) is 26.7 Å². The lowest BCUT2D eigenvalue weighted by Crippen LogP contribution is -2.48. The largest absolute Gasteiger partial charge is 0.354 e. The molecule has 0 bridgehead atoms. The Kier molecular flexibility index (Phi) is 7.69. The molecule has 0 aliphatic carbocycles. The summed E-state index contributed by atoms with van der Waals surface area (Å²) in [7, 11) is 1.85. The van der Waals surface area contributed by atoms with Crippen molar-refractivity contribution in [1.29, 1.82) is 0 Å². The van der Waals surface area contributed by atoms with Gasteiger partial charge in [0.15, 0.2) is 5.96 Å². The molecule has 0 amide bonds. The number of benzene rings is 1. The van der Waals surface area contributed by atoms with E-state index in [2.05, 4.69) is 69.8 Å². The Morgan fingerprint density at radius 3 is 2.62 bits per heavy atom. The van der Waals surface area contributed by atoms with E-state index in [0.29, 0.717) is 12.6 Å². The summed E-state index contributed by atoms with van der Waals surface area (Å²) in [5.41, 5.74) is 4.50. The molecule has 2 aromatic rings. The molecule has 1 aromatic carbocycles. The fourth-order valence-corrected chi connectivity index (χ4v) is 3.99. The molecule has 29 heavy (non-hydrogen) atoms. The Bertz CT molecular complexity index is 801. The summed E-state index contributed by atoms with van der Waals surface area (Å²) < 4.78 is 2.02. The summed E-state index contributed by atoms with van der Waals surface area (Å²) in [5.74, 6) is 0.875. The van der Waals surface area contributed by atoms with Crippen molar-refractivity contribution in [1.82, 2.24) is 25.3 Å².